The van der Waals surface area contributed by atoms with Crippen molar-refractivity contribution in [3.63, 3.8) is 0 Å². The van der Waals surface area contributed by atoms with Gasteiger partial charge in [-0.15, -0.1) is 0 Å². The Balaban J connectivity index is 2.78. The molecule has 1 atom stereocenters. The predicted octanol–water partition coefficient (Wildman–Crippen LogP) is 6.64. The largest absolute Gasteiger partial charge is 0.475 e. The maximum Gasteiger partial charge on any atom is 0.437 e. The highest BCUT2D eigenvalue weighted by molar-refractivity contribution is 5.87. The first-order chi connectivity index (χ1) is 14.7. The van der Waals surface area contributed by atoms with Gasteiger partial charge in [0.1, 0.15) is 5.75 Å². The van der Waals surface area contributed by atoms with Crippen molar-refractivity contribution in [3.8, 4) is 5.75 Å². The fourth-order valence-corrected chi connectivity index (χ4v) is 3.90. The van der Waals surface area contributed by atoms with Crippen molar-refractivity contribution >= 4 is 16.9 Å². The average Bonchev–Trinajstić information content (AvgIpc) is 3.14. The van der Waals surface area contributed by atoms with Crippen LogP contribution in [-0.2, 0) is 28.5 Å². The van der Waals surface area contributed by atoms with E-state index in [1.807, 2.05) is 27.7 Å². The van der Waals surface area contributed by atoms with Crippen LogP contribution in [0.4, 0.5) is 13.2 Å². The van der Waals surface area contributed by atoms with Crippen LogP contribution in [0, 0.1) is 0 Å². The minimum absolute atomic E-state index is 0.0642. The summed E-state index contributed by atoms with van der Waals surface area (Å²) in [4.78, 5) is 12.9. The number of nitrogens with zero attached hydrogens (tertiary/aromatic N) is 1. The molecule has 0 saturated carbocycles. The van der Waals surface area contributed by atoms with E-state index in [-0.39, 0.29) is 17.6 Å². The maximum absolute atomic E-state index is 13.5. The Bertz CT molecular complexity index is 891. The maximum atomic E-state index is 13.5. The Labute approximate surface area is 181 Å². The number of carbonyl (C=O) groups is 1. The summed E-state index contributed by atoms with van der Waals surface area (Å²) >= 11 is 0. The van der Waals surface area contributed by atoms with Crippen molar-refractivity contribution in [2.45, 2.75) is 91.3 Å². The number of hydrogen-bond donors (Lipinski definition) is 0. The van der Waals surface area contributed by atoms with E-state index >= 15 is 0 Å². The normalized spacial score (nSPS) is 13.9. The lowest BCUT2D eigenvalue weighted by Crippen LogP contribution is -2.45. The van der Waals surface area contributed by atoms with Gasteiger partial charge in [-0.2, -0.15) is 13.2 Å². The molecule has 8 heteroatoms. The topological polar surface area (TPSA) is 61.6 Å². The Kier molecular flexibility index (Phi) is 8.37. The van der Waals surface area contributed by atoms with Gasteiger partial charge in [0.15, 0.2) is 11.3 Å². The SMILES string of the molecule is CCCc1cc2c(C(F)(F)F)noc2c(CCC)c1OC(CC)(CCC)C(=O)OCC. The lowest BCUT2D eigenvalue weighted by atomic mass is 9.92. The summed E-state index contributed by atoms with van der Waals surface area (Å²) in [6.07, 6.45) is -0.838. The number of esters is 1. The molecule has 0 radical (unpaired) electrons. The first-order valence-corrected chi connectivity index (χ1v) is 11.1. The van der Waals surface area contributed by atoms with Gasteiger partial charge in [0.25, 0.3) is 0 Å². The van der Waals surface area contributed by atoms with Crippen LogP contribution >= 0.6 is 0 Å². The molecule has 31 heavy (non-hydrogen) atoms. The van der Waals surface area contributed by atoms with Gasteiger partial charge in [0.05, 0.1) is 12.0 Å². The molecule has 2 aromatic rings. The molecule has 2 rings (SSSR count). The van der Waals surface area contributed by atoms with Crippen molar-refractivity contribution in [2.75, 3.05) is 6.61 Å². The lowest BCUT2D eigenvalue weighted by Gasteiger charge is -2.33. The molecule has 0 aliphatic rings. The Morgan fingerprint density at radius 2 is 1.74 bits per heavy atom. The molecule has 0 spiro atoms. The zero-order valence-electron chi connectivity index (χ0n) is 18.9. The van der Waals surface area contributed by atoms with Gasteiger partial charge in [-0.25, -0.2) is 4.79 Å². The van der Waals surface area contributed by atoms with E-state index in [4.69, 9.17) is 14.0 Å². The molecule has 1 unspecified atom stereocenters. The second kappa shape index (κ2) is 10.4. The monoisotopic (exact) mass is 443 g/mol. The van der Waals surface area contributed by atoms with E-state index in [0.29, 0.717) is 61.8 Å². The number of benzene rings is 1. The summed E-state index contributed by atoms with van der Waals surface area (Å²) in [5, 5.41) is 3.25. The zero-order valence-corrected chi connectivity index (χ0v) is 18.9. The molecule has 174 valence electrons. The van der Waals surface area contributed by atoms with Crippen LogP contribution < -0.4 is 4.74 Å². The van der Waals surface area contributed by atoms with Crippen LogP contribution in [-0.4, -0.2) is 23.3 Å². The van der Waals surface area contributed by atoms with Crippen LogP contribution in [0.3, 0.4) is 0 Å². The fourth-order valence-electron chi connectivity index (χ4n) is 3.90. The molecule has 5 nitrogen and oxygen atoms in total. The molecule has 0 bridgehead atoms. The van der Waals surface area contributed by atoms with Gasteiger partial charge in [0.2, 0.25) is 5.60 Å². The van der Waals surface area contributed by atoms with Crippen molar-refractivity contribution in [1.29, 1.82) is 0 Å². The van der Waals surface area contributed by atoms with Crippen LogP contribution in [0.25, 0.3) is 11.0 Å². The molecule has 0 aliphatic carbocycles. The first-order valence-electron chi connectivity index (χ1n) is 11.1. The summed E-state index contributed by atoms with van der Waals surface area (Å²) in [6, 6.07) is 1.45. The molecule has 0 saturated heterocycles. The first kappa shape index (κ1) is 25.0. The van der Waals surface area contributed by atoms with Crippen LogP contribution in [0.2, 0.25) is 0 Å². The Hall–Kier alpha value is -2.25. The van der Waals surface area contributed by atoms with E-state index in [0.717, 1.165) is 0 Å². The molecule has 0 amide bonds. The highest BCUT2D eigenvalue weighted by atomic mass is 19.4. The number of rotatable bonds is 11. The average molecular weight is 444 g/mol. The summed E-state index contributed by atoms with van der Waals surface area (Å²) in [5.74, 6) is -0.0395. The second-order valence-electron chi connectivity index (χ2n) is 7.67. The van der Waals surface area contributed by atoms with Crippen molar-refractivity contribution in [3.05, 3.63) is 22.9 Å². The molecule has 0 aliphatic heterocycles. The number of aryl methyl sites for hydroxylation is 2. The summed E-state index contributed by atoms with van der Waals surface area (Å²) in [6.45, 7) is 9.61. The molecular weight excluding hydrogens is 411 g/mol. The van der Waals surface area contributed by atoms with Crippen LogP contribution in [0.5, 0.6) is 5.75 Å². The van der Waals surface area contributed by atoms with Crippen molar-refractivity contribution in [2.24, 2.45) is 0 Å². The third kappa shape index (κ3) is 5.15. The minimum atomic E-state index is -4.62. The third-order valence-electron chi connectivity index (χ3n) is 5.34. The number of carbonyl (C=O) groups excluding carboxylic acids is 1. The Morgan fingerprint density at radius 1 is 1.06 bits per heavy atom. The van der Waals surface area contributed by atoms with Gasteiger partial charge in [-0.05, 0) is 44.2 Å². The Morgan fingerprint density at radius 3 is 2.26 bits per heavy atom. The van der Waals surface area contributed by atoms with Crippen molar-refractivity contribution < 1.29 is 32.0 Å². The number of halogens is 3. The highest BCUT2D eigenvalue weighted by Gasteiger charge is 2.42. The molecule has 0 fully saturated rings. The van der Waals surface area contributed by atoms with Crippen LogP contribution in [0.1, 0.15) is 83.5 Å². The van der Waals surface area contributed by atoms with Gasteiger partial charge >= 0.3 is 12.1 Å². The standard InChI is InChI=1S/C23H32F3NO4/c1-6-11-15-14-17-19(31-27-20(17)23(24,25)26)16(12-7-2)18(15)30-22(9-4,13-8-3)21(28)29-10-5/h14H,6-13H2,1-5H3. The van der Waals surface area contributed by atoms with Crippen molar-refractivity contribution in [1.82, 2.24) is 5.16 Å². The summed E-state index contributed by atoms with van der Waals surface area (Å²) in [5.41, 5.74) is -1.05. The molecular formula is C23H32F3NO4. The van der Waals surface area contributed by atoms with E-state index in [1.165, 1.54) is 6.07 Å². The predicted molar refractivity (Wildman–Crippen MR) is 112 cm³/mol. The summed E-state index contributed by atoms with van der Waals surface area (Å²) in [7, 11) is 0. The van der Waals surface area contributed by atoms with Gasteiger partial charge in [-0.1, -0.05) is 52.1 Å². The fraction of sp³-hybridized carbons (Fsp3) is 0.652. The zero-order chi connectivity index (χ0) is 23.2. The molecule has 1 aromatic carbocycles. The van der Waals surface area contributed by atoms with E-state index in [2.05, 4.69) is 5.16 Å². The smallest absolute Gasteiger partial charge is 0.437 e. The highest BCUT2D eigenvalue weighted by Crippen LogP contribution is 2.42. The van der Waals surface area contributed by atoms with E-state index in [1.54, 1.807) is 6.92 Å². The van der Waals surface area contributed by atoms with E-state index in [9.17, 15) is 18.0 Å². The molecule has 1 aromatic heterocycles. The molecule has 1 heterocycles. The number of hydrogen-bond acceptors (Lipinski definition) is 5. The minimum Gasteiger partial charge on any atom is -0.475 e. The molecule has 0 N–H and O–H groups in total. The summed E-state index contributed by atoms with van der Waals surface area (Å²) < 4.78 is 57.4. The third-order valence-corrected chi connectivity index (χ3v) is 5.34. The number of alkyl halides is 3. The lowest BCUT2D eigenvalue weighted by molar-refractivity contribution is -0.163. The van der Waals surface area contributed by atoms with Gasteiger partial charge in [-0.3, -0.25) is 0 Å². The van der Waals surface area contributed by atoms with Crippen LogP contribution in [0.15, 0.2) is 10.6 Å². The quantitative estimate of drug-likeness (QED) is 0.364. The number of fused-ring (bicyclic) bond motifs is 1. The van der Waals surface area contributed by atoms with Gasteiger partial charge in [0, 0.05) is 5.56 Å². The number of aromatic nitrogens is 1. The van der Waals surface area contributed by atoms with E-state index < -0.39 is 23.4 Å². The number of ether oxygens (including phenoxy) is 2. The second-order valence-corrected chi connectivity index (χ2v) is 7.67. The van der Waals surface area contributed by atoms with Gasteiger partial charge < -0.3 is 14.0 Å².